The molecule has 5 atom stereocenters. The molecule has 5 aliphatic heterocycles. The van der Waals surface area contributed by atoms with E-state index >= 15 is 0 Å². The molecular weight excluding hydrogens is 518 g/mol. The molecule has 0 radical (unpaired) electrons. The molecule has 0 bridgehead atoms. The van der Waals surface area contributed by atoms with Crippen LogP contribution in [-0.4, -0.2) is 101 Å². The van der Waals surface area contributed by atoms with Crippen LogP contribution in [0.15, 0.2) is 23.2 Å². The number of carbonyl (C=O) groups excluding carboxylic acids is 2. The standard InChI is InChI=1S/C26H37N9O5/c1-24(2)8-10-40-18-13(5-3-6-14(18)24)20(36)32-17-12-35-23(28)31-16(11-30-21(37)15-7-4-9-29-15)19-25(35,26(17,38)39)34-22(27)33-19/h3,5-6,15-17,19,29,38-39H,4,7-12H2,1-2H3,(H2,28,31)(H,30,37)(H,32,36)(H3,27,33,34)/p+1/t15?,16-,17?,19-,25?/m0/s1. The lowest BCUT2D eigenvalue weighted by Crippen LogP contribution is -2.90. The van der Waals surface area contributed by atoms with Crippen LogP contribution in [0, 0.1) is 0 Å². The second-order valence-corrected chi connectivity index (χ2v) is 11.9. The molecule has 0 aromatic heterocycles. The number of aliphatic imine (C=N–C) groups is 1. The molecule has 216 valence electrons. The van der Waals surface area contributed by atoms with Gasteiger partial charge in [-0.05, 0) is 37.3 Å². The zero-order chi connectivity index (χ0) is 28.4. The minimum Gasteiger partial charge on any atom is -0.492 e. The number of nitrogens with two attached hydrogens (primary N) is 2. The number of fused-ring (bicyclic) bond motifs is 1. The SMILES string of the molecule is CC1(C)CCOc2c(C(=O)NC3CN4C(N)=N[C@@H](CNC(=O)C5CCCN5)[C@@H]5[NH+]=C(N)NC54C3(O)O)cccc21. The highest BCUT2D eigenvalue weighted by molar-refractivity contribution is 5.98. The number of rotatable bonds is 5. The van der Waals surface area contributed by atoms with Gasteiger partial charge in [0.25, 0.3) is 11.6 Å². The largest absolute Gasteiger partial charge is 0.492 e. The predicted molar refractivity (Wildman–Crippen MR) is 144 cm³/mol. The molecule has 2 fully saturated rings. The van der Waals surface area contributed by atoms with Crippen LogP contribution in [0.4, 0.5) is 0 Å². The van der Waals surface area contributed by atoms with Gasteiger partial charge in [0, 0.05) is 12.1 Å². The van der Waals surface area contributed by atoms with Crippen LogP contribution in [0.5, 0.6) is 5.75 Å². The van der Waals surface area contributed by atoms with Crippen LogP contribution in [0.3, 0.4) is 0 Å². The summed E-state index contributed by atoms with van der Waals surface area (Å²) in [6.45, 7) is 5.49. The van der Waals surface area contributed by atoms with E-state index in [0.29, 0.717) is 17.9 Å². The average Bonchev–Trinajstić information content (AvgIpc) is 3.61. The number of nitrogens with one attached hydrogen (secondary N) is 5. The van der Waals surface area contributed by atoms with Gasteiger partial charge in [-0.15, -0.1) is 0 Å². The van der Waals surface area contributed by atoms with Gasteiger partial charge in [-0.3, -0.25) is 25.2 Å². The molecule has 14 nitrogen and oxygen atoms in total. The number of nitrogens with zero attached hydrogens (tertiary/aromatic N) is 2. The Bertz CT molecular complexity index is 1290. The molecule has 6 rings (SSSR count). The molecule has 1 aromatic rings. The summed E-state index contributed by atoms with van der Waals surface area (Å²) in [6, 6.07) is 2.47. The topological polar surface area (TPSA) is 214 Å². The lowest BCUT2D eigenvalue weighted by atomic mass is 9.79. The number of hydrogen-bond acceptors (Lipinski definition) is 11. The van der Waals surface area contributed by atoms with Crippen molar-refractivity contribution in [2.75, 3.05) is 26.2 Å². The fourth-order valence-electron chi connectivity index (χ4n) is 6.76. The normalized spacial score (nSPS) is 33.0. The van der Waals surface area contributed by atoms with Crippen molar-refractivity contribution in [2.45, 2.75) is 74.1 Å². The van der Waals surface area contributed by atoms with Gasteiger partial charge < -0.3 is 36.6 Å². The van der Waals surface area contributed by atoms with Crippen LogP contribution in [0.2, 0.25) is 0 Å². The van der Waals surface area contributed by atoms with E-state index in [1.165, 1.54) is 4.90 Å². The summed E-state index contributed by atoms with van der Waals surface area (Å²) in [5.41, 5.74) is 11.9. The highest BCUT2D eigenvalue weighted by atomic mass is 16.5. The molecule has 0 aliphatic carbocycles. The fraction of sp³-hybridized carbons (Fsp3) is 0.615. The Kier molecular flexibility index (Phi) is 6.12. The molecule has 5 aliphatic rings. The third-order valence-electron chi connectivity index (χ3n) is 9.01. The quantitative estimate of drug-likeness (QED) is 0.158. The number of para-hydroxylation sites is 1. The lowest BCUT2D eigenvalue weighted by molar-refractivity contribution is -0.521. The molecule has 11 N–H and O–H groups in total. The number of benzene rings is 1. The van der Waals surface area contributed by atoms with Gasteiger partial charge in [0.2, 0.25) is 11.7 Å². The molecule has 5 heterocycles. The molecule has 2 amide bonds. The molecule has 1 aromatic carbocycles. The van der Waals surface area contributed by atoms with Gasteiger partial charge in [0.1, 0.15) is 17.8 Å². The average molecular weight is 557 g/mol. The Morgan fingerprint density at radius 2 is 2.10 bits per heavy atom. The Balaban J connectivity index is 1.26. The van der Waals surface area contributed by atoms with E-state index in [0.717, 1.165) is 31.4 Å². The van der Waals surface area contributed by atoms with Crippen LogP contribution in [0.1, 0.15) is 49.0 Å². The Morgan fingerprint density at radius 3 is 2.85 bits per heavy atom. The maximum atomic E-state index is 13.6. The number of hydrogen-bond donors (Lipinski definition) is 9. The molecule has 14 heteroatoms. The molecule has 2 saturated heterocycles. The smallest absolute Gasteiger partial charge is 0.343 e. The number of amides is 2. The first-order valence-electron chi connectivity index (χ1n) is 13.8. The number of guanidine groups is 2. The Hall–Kier alpha value is -3.62. The van der Waals surface area contributed by atoms with E-state index in [4.69, 9.17) is 16.2 Å². The summed E-state index contributed by atoms with van der Waals surface area (Å²) in [4.78, 5) is 35.3. The summed E-state index contributed by atoms with van der Waals surface area (Å²) < 4.78 is 5.90. The van der Waals surface area contributed by atoms with Crippen molar-refractivity contribution >= 4 is 23.7 Å². The Labute approximate surface area is 231 Å². The zero-order valence-electron chi connectivity index (χ0n) is 22.7. The first-order chi connectivity index (χ1) is 19.0. The first-order valence-corrected chi connectivity index (χ1v) is 13.8. The van der Waals surface area contributed by atoms with Crippen molar-refractivity contribution in [3.8, 4) is 5.75 Å². The van der Waals surface area contributed by atoms with Gasteiger partial charge in [0.15, 0.2) is 12.0 Å². The van der Waals surface area contributed by atoms with Crippen LogP contribution in [0.25, 0.3) is 0 Å². The molecule has 40 heavy (non-hydrogen) atoms. The zero-order valence-corrected chi connectivity index (χ0v) is 22.7. The summed E-state index contributed by atoms with van der Waals surface area (Å²) in [5.74, 6) is -2.59. The molecular formula is C26H38N9O5+. The minimum absolute atomic E-state index is 0.0323. The highest BCUT2D eigenvalue weighted by Gasteiger charge is 2.76. The van der Waals surface area contributed by atoms with Gasteiger partial charge in [0.05, 0.1) is 24.8 Å². The van der Waals surface area contributed by atoms with Gasteiger partial charge >= 0.3 is 5.96 Å². The minimum atomic E-state index is -2.55. The Morgan fingerprint density at radius 1 is 1.30 bits per heavy atom. The molecule has 1 spiro atoms. The third kappa shape index (κ3) is 3.88. The first kappa shape index (κ1) is 26.6. The van der Waals surface area contributed by atoms with Crippen molar-refractivity contribution in [3.63, 3.8) is 0 Å². The summed E-state index contributed by atoms with van der Waals surface area (Å²) in [5, 5.41) is 35.3. The van der Waals surface area contributed by atoms with Crippen molar-refractivity contribution in [1.29, 1.82) is 0 Å². The van der Waals surface area contributed by atoms with Crippen LogP contribution in [-0.2, 0) is 10.2 Å². The second-order valence-electron chi connectivity index (χ2n) is 11.9. The van der Waals surface area contributed by atoms with Crippen molar-refractivity contribution in [3.05, 3.63) is 29.3 Å². The third-order valence-corrected chi connectivity index (χ3v) is 9.01. The molecule has 0 saturated carbocycles. The van der Waals surface area contributed by atoms with Gasteiger partial charge in [-0.1, -0.05) is 26.0 Å². The summed E-state index contributed by atoms with van der Waals surface area (Å²) >= 11 is 0. The highest BCUT2D eigenvalue weighted by Crippen LogP contribution is 2.43. The van der Waals surface area contributed by atoms with Gasteiger partial charge in [-0.2, -0.15) is 0 Å². The van der Waals surface area contributed by atoms with Crippen LogP contribution >= 0.6 is 0 Å². The summed E-state index contributed by atoms with van der Waals surface area (Å²) in [7, 11) is 0. The fourth-order valence-corrected chi connectivity index (χ4v) is 6.76. The number of ether oxygens (including phenoxy) is 1. The van der Waals surface area contributed by atoms with Crippen LogP contribution < -0.4 is 42.5 Å². The van der Waals surface area contributed by atoms with E-state index < -0.39 is 35.5 Å². The number of aliphatic hydroxyl groups is 2. The summed E-state index contributed by atoms with van der Waals surface area (Å²) in [6.07, 6.45) is 2.48. The predicted octanol–water partition coefficient (Wildman–Crippen LogP) is -4.53. The maximum Gasteiger partial charge on any atom is 0.343 e. The van der Waals surface area contributed by atoms with E-state index in [-0.39, 0.29) is 42.4 Å². The van der Waals surface area contributed by atoms with Crippen molar-refractivity contribution in [2.24, 2.45) is 16.5 Å². The second kappa shape index (κ2) is 9.21. The van der Waals surface area contributed by atoms with Gasteiger partial charge in [-0.25, -0.2) is 10.3 Å². The van der Waals surface area contributed by atoms with E-state index in [1.54, 1.807) is 12.1 Å². The lowest BCUT2D eigenvalue weighted by Gasteiger charge is -2.46. The number of carbonyl (C=O) groups is 2. The van der Waals surface area contributed by atoms with E-state index in [2.05, 4.69) is 45.1 Å². The van der Waals surface area contributed by atoms with Crippen molar-refractivity contribution in [1.82, 2.24) is 26.2 Å². The monoisotopic (exact) mass is 556 g/mol. The van der Waals surface area contributed by atoms with E-state index in [1.807, 2.05) is 6.07 Å². The molecule has 3 unspecified atom stereocenters. The maximum absolute atomic E-state index is 13.6. The van der Waals surface area contributed by atoms with Crippen molar-refractivity contribution < 1.29 is 29.5 Å². The van der Waals surface area contributed by atoms with E-state index in [9.17, 15) is 19.8 Å².